The molecule has 5 nitrogen and oxygen atoms in total. The van der Waals surface area contributed by atoms with E-state index >= 15 is 0 Å². The van der Waals surface area contributed by atoms with Gasteiger partial charge in [0.05, 0.1) is 0 Å². The lowest BCUT2D eigenvalue weighted by atomic mass is 10.6. The van der Waals surface area contributed by atoms with Crippen LogP contribution in [0.4, 0.5) is 13.2 Å². The zero-order valence-corrected chi connectivity index (χ0v) is 7.37. The summed E-state index contributed by atoms with van der Waals surface area (Å²) in [6.45, 7) is -2.01. The van der Waals surface area contributed by atoms with Crippen molar-refractivity contribution >= 4 is 0 Å². The molecule has 0 saturated heterocycles. The topological polar surface area (TPSA) is 64.1 Å². The van der Waals surface area contributed by atoms with Crippen LogP contribution in [0.1, 0.15) is 0 Å². The van der Waals surface area contributed by atoms with Gasteiger partial charge in [0.15, 0.2) is 0 Å². The van der Waals surface area contributed by atoms with Crippen molar-refractivity contribution in [3.63, 3.8) is 0 Å². The van der Waals surface area contributed by atoms with Gasteiger partial charge in [-0.25, -0.2) is 4.79 Å². The summed E-state index contributed by atoms with van der Waals surface area (Å²) in [5.74, 6) is 0. The van der Waals surface area contributed by atoms with Crippen LogP contribution in [0.15, 0.2) is 21.9 Å². The van der Waals surface area contributed by atoms with E-state index in [1.165, 1.54) is 0 Å². The van der Waals surface area contributed by atoms with Crippen LogP contribution < -0.4 is 11.2 Å². The molecule has 84 valence electrons. The fourth-order valence-corrected chi connectivity index (χ4v) is 0.806. The lowest BCUT2D eigenvalue weighted by Gasteiger charge is -2.08. The lowest BCUT2D eigenvalue weighted by Crippen LogP contribution is -2.30. The average molecular weight is 224 g/mol. The van der Waals surface area contributed by atoms with Crippen LogP contribution in [-0.2, 0) is 11.5 Å². The highest BCUT2D eigenvalue weighted by Gasteiger charge is 2.27. The Hall–Kier alpha value is -1.57. The molecule has 0 saturated carbocycles. The first-order valence-electron chi connectivity index (χ1n) is 3.83. The second-order valence-corrected chi connectivity index (χ2v) is 2.67. The Labute approximate surface area is 81.1 Å². The molecule has 15 heavy (non-hydrogen) atoms. The number of aromatic amines is 1. The van der Waals surface area contributed by atoms with Gasteiger partial charge in [0.2, 0.25) is 0 Å². The highest BCUT2D eigenvalue weighted by atomic mass is 19.4. The summed E-state index contributed by atoms with van der Waals surface area (Å²) in [7, 11) is 0. The van der Waals surface area contributed by atoms with Crippen LogP contribution >= 0.6 is 0 Å². The number of aromatic nitrogens is 2. The zero-order chi connectivity index (χ0) is 11.5. The molecule has 0 amide bonds. The Balaban J connectivity index is 2.59. The highest BCUT2D eigenvalue weighted by Crippen LogP contribution is 2.14. The fourth-order valence-electron chi connectivity index (χ4n) is 0.806. The van der Waals surface area contributed by atoms with Crippen LogP contribution in [0.5, 0.6) is 0 Å². The molecule has 0 atom stereocenters. The number of hydrogen-bond donors (Lipinski definition) is 1. The molecule has 0 aromatic carbocycles. The number of alkyl halides is 3. The summed E-state index contributed by atoms with van der Waals surface area (Å²) in [5.41, 5.74) is -1.43. The second kappa shape index (κ2) is 4.30. The van der Waals surface area contributed by atoms with Crippen molar-refractivity contribution in [2.75, 3.05) is 6.61 Å². The van der Waals surface area contributed by atoms with Gasteiger partial charge < -0.3 is 4.74 Å². The highest BCUT2D eigenvalue weighted by molar-refractivity contribution is 4.81. The van der Waals surface area contributed by atoms with Gasteiger partial charge in [-0.1, -0.05) is 0 Å². The summed E-state index contributed by atoms with van der Waals surface area (Å²) in [4.78, 5) is 23.4. The molecule has 1 rings (SSSR count). The number of H-pyrrole nitrogens is 1. The van der Waals surface area contributed by atoms with E-state index in [2.05, 4.69) is 4.74 Å². The monoisotopic (exact) mass is 224 g/mol. The molecule has 0 aliphatic heterocycles. The zero-order valence-electron chi connectivity index (χ0n) is 7.37. The SMILES string of the molecule is O=c1ccn(COCC(F)(F)F)c(=O)[nH]1. The first kappa shape index (κ1) is 11.5. The Morgan fingerprint density at radius 2 is 2.07 bits per heavy atom. The summed E-state index contributed by atoms with van der Waals surface area (Å²) in [6.07, 6.45) is -3.39. The maximum atomic E-state index is 11.7. The van der Waals surface area contributed by atoms with Gasteiger partial charge in [-0.05, 0) is 0 Å². The predicted molar refractivity (Wildman–Crippen MR) is 43.3 cm³/mol. The van der Waals surface area contributed by atoms with Gasteiger partial charge in [-0.15, -0.1) is 0 Å². The van der Waals surface area contributed by atoms with Crippen molar-refractivity contribution in [2.24, 2.45) is 0 Å². The summed E-state index contributed by atoms with van der Waals surface area (Å²) >= 11 is 0. The van der Waals surface area contributed by atoms with Crippen LogP contribution in [-0.4, -0.2) is 22.3 Å². The standard InChI is InChI=1S/C7H7F3N2O3/c8-7(9,10)3-15-4-12-2-1-5(13)11-6(12)14/h1-2H,3-4H2,(H,11,13,14). The average Bonchev–Trinajstić information content (AvgIpc) is 2.07. The van der Waals surface area contributed by atoms with Gasteiger partial charge >= 0.3 is 11.9 Å². The maximum Gasteiger partial charge on any atom is 0.411 e. The molecule has 0 unspecified atom stereocenters. The molecule has 0 radical (unpaired) electrons. The number of ether oxygens (including phenoxy) is 1. The summed E-state index contributed by atoms with van der Waals surface area (Å²) in [6, 6.07) is 1.01. The molecular weight excluding hydrogens is 217 g/mol. The van der Waals surface area contributed by atoms with Crippen molar-refractivity contribution < 1.29 is 17.9 Å². The van der Waals surface area contributed by atoms with E-state index in [0.717, 1.165) is 16.8 Å². The van der Waals surface area contributed by atoms with E-state index < -0.39 is 30.8 Å². The first-order valence-corrected chi connectivity index (χ1v) is 3.83. The lowest BCUT2D eigenvalue weighted by molar-refractivity contribution is -0.182. The second-order valence-electron chi connectivity index (χ2n) is 2.67. The van der Waals surface area contributed by atoms with Crippen molar-refractivity contribution in [2.45, 2.75) is 12.9 Å². The number of rotatable bonds is 3. The van der Waals surface area contributed by atoms with E-state index in [0.29, 0.717) is 0 Å². The number of halogens is 3. The molecular formula is C7H7F3N2O3. The minimum absolute atomic E-state index is 0.560. The predicted octanol–water partition coefficient (Wildman–Crippen LogP) is 0.0730. The fraction of sp³-hybridized carbons (Fsp3) is 0.429. The maximum absolute atomic E-state index is 11.7. The van der Waals surface area contributed by atoms with Crippen molar-refractivity contribution in [3.05, 3.63) is 33.1 Å². The van der Waals surface area contributed by atoms with Gasteiger partial charge in [-0.3, -0.25) is 14.3 Å². The molecule has 0 aliphatic carbocycles. The quantitative estimate of drug-likeness (QED) is 0.790. The minimum atomic E-state index is -4.44. The van der Waals surface area contributed by atoms with E-state index in [1.54, 1.807) is 0 Å². The van der Waals surface area contributed by atoms with Crippen LogP contribution in [0, 0.1) is 0 Å². The Morgan fingerprint density at radius 3 is 2.60 bits per heavy atom. The van der Waals surface area contributed by atoms with E-state index in [1.807, 2.05) is 4.98 Å². The van der Waals surface area contributed by atoms with Crippen molar-refractivity contribution in [1.82, 2.24) is 9.55 Å². The van der Waals surface area contributed by atoms with Gasteiger partial charge in [0.25, 0.3) is 5.56 Å². The molecule has 0 spiro atoms. The van der Waals surface area contributed by atoms with E-state index in [4.69, 9.17) is 0 Å². The molecule has 0 fully saturated rings. The number of hydrogen-bond acceptors (Lipinski definition) is 3. The number of nitrogens with one attached hydrogen (secondary N) is 1. The van der Waals surface area contributed by atoms with Crippen LogP contribution in [0.2, 0.25) is 0 Å². The third-order valence-corrected chi connectivity index (χ3v) is 1.39. The Kier molecular flexibility index (Phi) is 3.30. The third kappa shape index (κ3) is 3.98. The summed E-state index contributed by atoms with van der Waals surface area (Å²) < 4.78 is 40.0. The van der Waals surface area contributed by atoms with Crippen LogP contribution in [0.25, 0.3) is 0 Å². The van der Waals surface area contributed by atoms with Crippen LogP contribution in [0.3, 0.4) is 0 Å². The largest absolute Gasteiger partial charge is 0.411 e. The Bertz CT molecular complexity index is 434. The molecule has 1 aromatic rings. The van der Waals surface area contributed by atoms with Gasteiger partial charge in [0.1, 0.15) is 13.3 Å². The molecule has 1 aromatic heterocycles. The summed E-state index contributed by atoms with van der Waals surface area (Å²) in [5, 5.41) is 0. The molecule has 1 N–H and O–H groups in total. The number of nitrogens with zero attached hydrogens (tertiary/aromatic N) is 1. The molecule has 0 aliphatic rings. The smallest absolute Gasteiger partial charge is 0.351 e. The Morgan fingerprint density at radius 1 is 1.40 bits per heavy atom. The third-order valence-electron chi connectivity index (χ3n) is 1.39. The van der Waals surface area contributed by atoms with Crippen molar-refractivity contribution in [1.29, 1.82) is 0 Å². The first-order chi connectivity index (χ1) is 6.88. The van der Waals surface area contributed by atoms with Gasteiger partial charge in [0, 0.05) is 12.3 Å². The van der Waals surface area contributed by atoms with E-state index in [9.17, 15) is 22.8 Å². The normalized spacial score (nSPS) is 11.7. The molecule has 0 bridgehead atoms. The minimum Gasteiger partial charge on any atom is -0.351 e. The molecule has 1 heterocycles. The van der Waals surface area contributed by atoms with Gasteiger partial charge in [-0.2, -0.15) is 13.2 Å². The molecule has 8 heteroatoms. The van der Waals surface area contributed by atoms with Crippen molar-refractivity contribution in [3.8, 4) is 0 Å². The van der Waals surface area contributed by atoms with E-state index in [-0.39, 0.29) is 0 Å².